The fraction of sp³-hybridized carbons (Fsp3) is 0.385. The molecule has 0 radical (unpaired) electrons. The number of benzene rings is 2. The maximum atomic E-state index is 6.01. The topological polar surface area (TPSA) is 88.0 Å². The van der Waals surface area contributed by atoms with Gasteiger partial charge in [-0.05, 0) is 67.1 Å². The van der Waals surface area contributed by atoms with E-state index in [0.717, 1.165) is 63.0 Å². The first-order valence-corrected chi connectivity index (χ1v) is 12.7. The number of hydrazone groups is 1. The van der Waals surface area contributed by atoms with Crippen molar-refractivity contribution in [3.63, 3.8) is 0 Å². The molecule has 5 rings (SSSR count). The van der Waals surface area contributed by atoms with Gasteiger partial charge >= 0.3 is 0 Å². The lowest BCUT2D eigenvalue weighted by Crippen LogP contribution is -2.25. The number of hydrogen-bond donors (Lipinski definition) is 1. The van der Waals surface area contributed by atoms with Crippen LogP contribution in [0.2, 0.25) is 5.02 Å². The zero-order chi connectivity index (χ0) is 24.7. The average Bonchev–Trinajstić information content (AvgIpc) is 3.64. The van der Waals surface area contributed by atoms with Crippen LogP contribution in [-0.4, -0.2) is 54.5 Å². The Balaban J connectivity index is 1.30. The highest BCUT2D eigenvalue weighted by molar-refractivity contribution is 6.30. The normalized spacial score (nSPS) is 15.6. The SMILES string of the molecule is COc1ccc(/C=N\Nc2nc(N3CCCC3)nc(N3CCCC3)n2)cc1OCc1ccc(Cl)cc1. The van der Waals surface area contributed by atoms with Crippen LogP contribution in [0.3, 0.4) is 0 Å². The fourth-order valence-electron chi connectivity index (χ4n) is 4.31. The summed E-state index contributed by atoms with van der Waals surface area (Å²) in [5.74, 6) is 3.15. The predicted molar refractivity (Wildman–Crippen MR) is 143 cm³/mol. The quantitative estimate of drug-likeness (QED) is 0.327. The molecule has 3 aromatic rings. The highest BCUT2D eigenvalue weighted by Crippen LogP contribution is 2.29. The number of halogens is 1. The largest absolute Gasteiger partial charge is 0.493 e. The molecule has 0 atom stereocenters. The molecule has 2 saturated heterocycles. The van der Waals surface area contributed by atoms with Gasteiger partial charge in [0.05, 0.1) is 13.3 Å². The Hall–Kier alpha value is -3.59. The second kappa shape index (κ2) is 11.4. The van der Waals surface area contributed by atoms with Gasteiger partial charge in [0.2, 0.25) is 17.8 Å². The molecule has 2 aliphatic rings. The van der Waals surface area contributed by atoms with Crippen LogP contribution >= 0.6 is 11.6 Å². The van der Waals surface area contributed by atoms with E-state index in [-0.39, 0.29) is 0 Å². The van der Waals surface area contributed by atoms with Crippen LogP contribution < -0.4 is 24.7 Å². The molecule has 3 heterocycles. The van der Waals surface area contributed by atoms with Crippen molar-refractivity contribution in [3.05, 3.63) is 58.6 Å². The third kappa shape index (κ3) is 5.96. The minimum atomic E-state index is 0.399. The molecule has 0 bridgehead atoms. The van der Waals surface area contributed by atoms with Crippen molar-refractivity contribution < 1.29 is 9.47 Å². The number of anilines is 3. The molecule has 188 valence electrons. The van der Waals surface area contributed by atoms with Gasteiger partial charge in [0, 0.05) is 31.2 Å². The lowest BCUT2D eigenvalue weighted by Gasteiger charge is -2.20. The molecule has 9 nitrogen and oxygen atoms in total. The molecule has 0 amide bonds. The van der Waals surface area contributed by atoms with E-state index in [0.29, 0.717) is 41.0 Å². The molecule has 2 fully saturated rings. The number of aromatic nitrogens is 3. The minimum Gasteiger partial charge on any atom is -0.493 e. The molecule has 0 aliphatic carbocycles. The van der Waals surface area contributed by atoms with Crippen molar-refractivity contribution >= 4 is 35.7 Å². The smallest absolute Gasteiger partial charge is 0.250 e. The van der Waals surface area contributed by atoms with E-state index in [2.05, 4.69) is 30.3 Å². The first-order valence-electron chi connectivity index (χ1n) is 12.3. The van der Waals surface area contributed by atoms with E-state index in [1.165, 1.54) is 0 Å². The molecule has 0 spiro atoms. The lowest BCUT2D eigenvalue weighted by atomic mass is 10.2. The van der Waals surface area contributed by atoms with Gasteiger partial charge in [0.25, 0.3) is 0 Å². The summed E-state index contributed by atoms with van der Waals surface area (Å²) < 4.78 is 11.5. The highest BCUT2D eigenvalue weighted by atomic mass is 35.5. The molecular weight excluding hydrogens is 478 g/mol. The van der Waals surface area contributed by atoms with Crippen molar-refractivity contribution in [1.82, 2.24) is 15.0 Å². The van der Waals surface area contributed by atoms with Crippen LogP contribution in [0.15, 0.2) is 47.6 Å². The molecule has 1 N–H and O–H groups in total. The Labute approximate surface area is 216 Å². The van der Waals surface area contributed by atoms with Gasteiger partial charge in [-0.1, -0.05) is 23.7 Å². The van der Waals surface area contributed by atoms with E-state index < -0.39 is 0 Å². The second-order valence-electron chi connectivity index (χ2n) is 8.84. The van der Waals surface area contributed by atoms with Gasteiger partial charge < -0.3 is 19.3 Å². The molecule has 1 aromatic heterocycles. The summed E-state index contributed by atoms with van der Waals surface area (Å²) in [6, 6.07) is 13.2. The lowest BCUT2D eigenvalue weighted by molar-refractivity contribution is 0.284. The molecule has 10 heteroatoms. The molecule has 2 aromatic carbocycles. The summed E-state index contributed by atoms with van der Waals surface area (Å²) in [5.41, 5.74) is 4.86. The van der Waals surface area contributed by atoms with Crippen LogP contribution in [-0.2, 0) is 6.61 Å². The fourth-order valence-corrected chi connectivity index (χ4v) is 4.44. The second-order valence-corrected chi connectivity index (χ2v) is 9.28. The van der Waals surface area contributed by atoms with Crippen molar-refractivity contribution in [3.8, 4) is 11.5 Å². The summed E-state index contributed by atoms with van der Waals surface area (Å²) in [6.07, 6.45) is 6.34. The number of methoxy groups -OCH3 is 1. The van der Waals surface area contributed by atoms with Gasteiger partial charge in [-0.2, -0.15) is 20.1 Å². The number of rotatable bonds is 9. The summed E-state index contributed by atoms with van der Waals surface area (Å²) >= 11 is 5.97. The van der Waals surface area contributed by atoms with Crippen molar-refractivity contribution in [2.24, 2.45) is 5.10 Å². The standard InChI is InChI=1S/C26H30ClN7O2/c1-35-22-11-8-20(16-23(22)36-18-19-6-9-21(27)10-7-19)17-28-32-24-29-25(33-12-2-3-13-33)31-26(30-24)34-14-4-5-15-34/h6-11,16-17H,2-5,12-15,18H2,1H3,(H,29,30,31,32)/b28-17-. The van der Waals surface area contributed by atoms with E-state index in [9.17, 15) is 0 Å². The van der Waals surface area contributed by atoms with Crippen molar-refractivity contribution in [2.45, 2.75) is 32.3 Å². The monoisotopic (exact) mass is 507 g/mol. The Kier molecular flexibility index (Phi) is 7.66. The Morgan fingerprint density at radius 2 is 1.53 bits per heavy atom. The third-order valence-corrected chi connectivity index (χ3v) is 6.52. The number of hydrogen-bond acceptors (Lipinski definition) is 9. The summed E-state index contributed by atoms with van der Waals surface area (Å²) in [4.78, 5) is 18.4. The Bertz CT molecular complexity index is 1160. The first kappa shape index (κ1) is 24.1. The predicted octanol–water partition coefficient (Wildman–Crippen LogP) is 4.76. The van der Waals surface area contributed by atoms with Crippen molar-refractivity contribution in [2.75, 3.05) is 48.5 Å². The number of ether oxygens (including phenoxy) is 2. The molecule has 2 aliphatic heterocycles. The number of nitrogens with zero attached hydrogens (tertiary/aromatic N) is 6. The van der Waals surface area contributed by atoms with Crippen LogP contribution in [0, 0.1) is 0 Å². The first-order chi connectivity index (χ1) is 17.7. The number of nitrogens with one attached hydrogen (secondary N) is 1. The van der Waals surface area contributed by atoms with Gasteiger partial charge in [0.1, 0.15) is 6.61 Å². The maximum absolute atomic E-state index is 6.01. The van der Waals surface area contributed by atoms with Crippen LogP contribution in [0.1, 0.15) is 36.8 Å². The zero-order valence-electron chi connectivity index (χ0n) is 20.4. The maximum Gasteiger partial charge on any atom is 0.250 e. The van der Waals surface area contributed by atoms with E-state index in [4.69, 9.17) is 26.1 Å². The minimum absolute atomic E-state index is 0.399. The third-order valence-electron chi connectivity index (χ3n) is 6.26. The summed E-state index contributed by atoms with van der Waals surface area (Å²) in [6.45, 7) is 4.27. The van der Waals surface area contributed by atoms with Gasteiger partial charge in [-0.25, -0.2) is 5.43 Å². The highest BCUT2D eigenvalue weighted by Gasteiger charge is 2.21. The van der Waals surface area contributed by atoms with Crippen LogP contribution in [0.5, 0.6) is 11.5 Å². The molecule has 0 unspecified atom stereocenters. The zero-order valence-corrected chi connectivity index (χ0v) is 21.1. The van der Waals surface area contributed by atoms with Crippen LogP contribution in [0.25, 0.3) is 0 Å². The summed E-state index contributed by atoms with van der Waals surface area (Å²) in [7, 11) is 1.62. The van der Waals surface area contributed by atoms with E-state index in [1.807, 2.05) is 42.5 Å². The summed E-state index contributed by atoms with van der Waals surface area (Å²) in [5, 5.41) is 5.09. The molecular formula is C26H30ClN7O2. The van der Waals surface area contributed by atoms with E-state index in [1.54, 1.807) is 13.3 Å². The van der Waals surface area contributed by atoms with E-state index >= 15 is 0 Å². The van der Waals surface area contributed by atoms with Gasteiger partial charge in [0.15, 0.2) is 11.5 Å². The average molecular weight is 508 g/mol. The molecule has 0 saturated carbocycles. The Morgan fingerprint density at radius 1 is 0.889 bits per heavy atom. The van der Waals surface area contributed by atoms with Gasteiger partial charge in [-0.3, -0.25) is 0 Å². The van der Waals surface area contributed by atoms with Crippen LogP contribution in [0.4, 0.5) is 17.8 Å². The molecule has 36 heavy (non-hydrogen) atoms. The van der Waals surface area contributed by atoms with Gasteiger partial charge in [-0.15, -0.1) is 0 Å². The Morgan fingerprint density at radius 3 is 2.14 bits per heavy atom. The van der Waals surface area contributed by atoms with Crippen molar-refractivity contribution in [1.29, 1.82) is 0 Å².